The van der Waals surface area contributed by atoms with Gasteiger partial charge in [0.2, 0.25) is 0 Å². The SMILES string of the molecule is Cc1cc(O)ccc1NCC1CCN(C(=O)OC(C)(C)C)CC1. The maximum atomic E-state index is 12.0. The molecule has 0 bridgehead atoms. The molecule has 23 heavy (non-hydrogen) atoms. The molecule has 0 saturated carbocycles. The van der Waals surface area contributed by atoms with Crippen molar-refractivity contribution in [3.63, 3.8) is 0 Å². The Morgan fingerprint density at radius 2 is 2.00 bits per heavy atom. The summed E-state index contributed by atoms with van der Waals surface area (Å²) in [6.07, 6.45) is 1.74. The molecule has 1 aromatic rings. The van der Waals surface area contributed by atoms with E-state index in [2.05, 4.69) is 5.32 Å². The Bertz CT molecular complexity index is 544. The number of amides is 1. The van der Waals surface area contributed by atoms with Gasteiger partial charge in [-0.15, -0.1) is 0 Å². The van der Waals surface area contributed by atoms with Gasteiger partial charge in [0.25, 0.3) is 0 Å². The summed E-state index contributed by atoms with van der Waals surface area (Å²) in [5.74, 6) is 0.834. The van der Waals surface area contributed by atoms with Crippen LogP contribution in [0.1, 0.15) is 39.2 Å². The van der Waals surface area contributed by atoms with Crippen LogP contribution >= 0.6 is 0 Å². The summed E-state index contributed by atoms with van der Waals surface area (Å²) in [4.78, 5) is 13.8. The van der Waals surface area contributed by atoms with Gasteiger partial charge in [0, 0.05) is 25.3 Å². The van der Waals surface area contributed by atoms with Crippen molar-refractivity contribution in [1.29, 1.82) is 0 Å². The lowest BCUT2D eigenvalue weighted by Gasteiger charge is -2.33. The fourth-order valence-corrected chi connectivity index (χ4v) is 2.75. The summed E-state index contributed by atoms with van der Waals surface area (Å²) in [6.45, 7) is 10.0. The van der Waals surface area contributed by atoms with Gasteiger partial charge in [0.1, 0.15) is 11.4 Å². The van der Waals surface area contributed by atoms with Crippen molar-refractivity contribution >= 4 is 11.8 Å². The Hall–Kier alpha value is -1.91. The lowest BCUT2D eigenvalue weighted by molar-refractivity contribution is 0.0188. The topological polar surface area (TPSA) is 61.8 Å². The Kier molecular flexibility index (Phi) is 5.39. The van der Waals surface area contributed by atoms with Crippen LogP contribution in [-0.2, 0) is 4.74 Å². The number of likely N-dealkylation sites (tertiary alicyclic amines) is 1. The highest BCUT2D eigenvalue weighted by Gasteiger charge is 2.26. The molecule has 1 aliphatic rings. The molecule has 5 nitrogen and oxygen atoms in total. The van der Waals surface area contributed by atoms with E-state index in [-0.39, 0.29) is 6.09 Å². The first-order valence-corrected chi connectivity index (χ1v) is 8.26. The number of aryl methyl sites for hydroxylation is 1. The molecule has 1 fully saturated rings. The van der Waals surface area contributed by atoms with E-state index in [0.717, 1.165) is 43.7 Å². The number of benzene rings is 1. The minimum atomic E-state index is -0.439. The molecule has 0 aromatic heterocycles. The van der Waals surface area contributed by atoms with Crippen LogP contribution in [0.2, 0.25) is 0 Å². The number of aromatic hydroxyl groups is 1. The zero-order valence-electron chi connectivity index (χ0n) is 14.6. The van der Waals surface area contributed by atoms with E-state index < -0.39 is 5.60 Å². The number of hydrogen-bond donors (Lipinski definition) is 2. The zero-order valence-corrected chi connectivity index (χ0v) is 14.6. The van der Waals surface area contributed by atoms with Gasteiger partial charge in [-0.2, -0.15) is 0 Å². The van der Waals surface area contributed by atoms with Crippen molar-refractivity contribution in [1.82, 2.24) is 4.90 Å². The number of phenolic OH excluding ortho intramolecular Hbond substituents is 1. The Labute approximate surface area is 138 Å². The van der Waals surface area contributed by atoms with Crippen LogP contribution < -0.4 is 5.32 Å². The molecule has 2 rings (SSSR count). The van der Waals surface area contributed by atoms with Crippen LogP contribution in [0.25, 0.3) is 0 Å². The molecule has 0 spiro atoms. The second kappa shape index (κ2) is 7.11. The maximum Gasteiger partial charge on any atom is 0.410 e. The standard InChI is InChI=1S/C18H28N2O3/c1-13-11-15(21)5-6-16(13)19-12-14-7-9-20(10-8-14)17(22)23-18(2,3)4/h5-6,11,14,19,21H,7-10,12H2,1-4H3. The van der Waals surface area contributed by atoms with E-state index in [9.17, 15) is 9.90 Å². The minimum absolute atomic E-state index is 0.210. The van der Waals surface area contributed by atoms with Crippen molar-refractivity contribution in [2.75, 3.05) is 25.0 Å². The second-order valence-corrected chi connectivity index (χ2v) is 7.29. The molecule has 1 saturated heterocycles. The number of phenols is 1. The maximum absolute atomic E-state index is 12.0. The molecular formula is C18H28N2O3. The van der Waals surface area contributed by atoms with Crippen LogP contribution in [0.15, 0.2) is 18.2 Å². The molecule has 1 heterocycles. The third-order valence-corrected chi connectivity index (χ3v) is 4.06. The largest absolute Gasteiger partial charge is 0.508 e. The van der Waals surface area contributed by atoms with Gasteiger partial charge in [0.05, 0.1) is 0 Å². The molecule has 5 heteroatoms. The Balaban J connectivity index is 1.77. The minimum Gasteiger partial charge on any atom is -0.508 e. The molecule has 0 aliphatic carbocycles. The Morgan fingerprint density at radius 1 is 1.35 bits per heavy atom. The van der Waals surface area contributed by atoms with Crippen molar-refractivity contribution in [2.24, 2.45) is 5.92 Å². The summed E-state index contributed by atoms with van der Waals surface area (Å²) < 4.78 is 5.42. The second-order valence-electron chi connectivity index (χ2n) is 7.29. The number of nitrogens with one attached hydrogen (secondary N) is 1. The summed E-state index contributed by atoms with van der Waals surface area (Å²) in [6, 6.07) is 5.36. The molecule has 0 unspecified atom stereocenters. The molecule has 2 N–H and O–H groups in total. The molecule has 128 valence electrons. The zero-order chi connectivity index (χ0) is 17.0. The van der Waals surface area contributed by atoms with Crippen molar-refractivity contribution in [3.05, 3.63) is 23.8 Å². The van der Waals surface area contributed by atoms with Crippen LogP contribution in [0, 0.1) is 12.8 Å². The van der Waals surface area contributed by atoms with E-state index in [1.807, 2.05) is 33.8 Å². The van der Waals surface area contributed by atoms with Crippen LogP contribution in [0.3, 0.4) is 0 Å². The van der Waals surface area contributed by atoms with E-state index in [0.29, 0.717) is 11.7 Å². The van der Waals surface area contributed by atoms with E-state index in [1.165, 1.54) is 0 Å². The van der Waals surface area contributed by atoms with Gasteiger partial charge >= 0.3 is 6.09 Å². The van der Waals surface area contributed by atoms with Gasteiger partial charge in [-0.1, -0.05) is 0 Å². The summed E-state index contributed by atoms with van der Waals surface area (Å²) >= 11 is 0. The number of rotatable bonds is 3. The molecule has 1 aromatic carbocycles. The normalized spacial score (nSPS) is 16.3. The number of carbonyl (C=O) groups is 1. The molecule has 0 atom stereocenters. The number of piperidine rings is 1. The van der Waals surface area contributed by atoms with Gasteiger partial charge in [-0.25, -0.2) is 4.79 Å². The van der Waals surface area contributed by atoms with Gasteiger partial charge in [-0.3, -0.25) is 0 Å². The van der Waals surface area contributed by atoms with Gasteiger partial charge in [-0.05, 0) is 70.2 Å². The van der Waals surface area contributed by atoms with Crippen molar-refractivity contribution < 1.29 is 14.6 Å². The highest BCUT2D eigenvalue weighted by atomic mass is 16.6. The lowest BCUT2D eigenvalue weighted by atomic mass is 9.97. The smallest absolute Gasteiger partial charge is 0.410 e. The Morgan fingerprint density at radius 3 is 2.57 bits per heavy atom. The first-order chi connectivity index (χ1) is 10.7. The lowest BCUT2D eigenvalue weighted by Crippen LogP contribution is -2.42. The average Bonchev–Trinajstić information content (AvgIpc) is 2.45. The predicted molar refractivity (Wildman–Crippen MR) is 91.9 cm³/mol. The quantitative estimate of drug-likeness (QED) is 0.833. The monoisotopic (exact) mass is 320 g/mol. The molecular weight excluding hydrogens is 292 g/mol. The first kappa shape index (κ1) is 17.4. The van der Waals surface area contributed by atoms with Crippen LogP contribution in [0.5, 0.6) is 5.75 Å². The number of nitrogens with zero attached hydrogens (tertiary/aromatic N) is 1. The summed E-state index contributed by atoms with van der Waals surface area (Å²) in [5.41, 5.74) is 1.65. The summed E-state index contributed by atoms with van der Waals surface area (Å²) in [7, 11) is 0. The third kappa shape index (κ3) is 5.34. The number of hydrogen-bond acceptors (Lipinski definition) is 4. The van der Waals surface area contributed by atoms with Gasteiger partial charge in [0.15, 0.2) is 0 Å². The number of ether oxygens (including phenoxy) is 1. The molecule has 1 amide bonds. The van der Waals surface area contributed by atoms with E-state index in [4.69, 9.17) is 4.74 Å². The van der Waals surface area contributed by atoms with Crippen LogP contribution in [-0.4, -0.2) is 41.3 Å². The van der Waals surface area contributed by atoms with Crippen LogP contribution in [0.4, 0.5) is 10.5 Å². The van der Waals surface area contributed by atoms with Crippen molar-refractivity contribution in [2.45, 2.75) is 46.1 Å². The summed E-state index contributed by atoms with van der Waals surface area (Å²) in [5, 5.41) is 12.9. The van der Waals surface area contributed by atoms with Crippen molar-refractivity contribution in [3.8, 4) is 5.75 Å². The van der Waals surface area contributed by atoms with Gasteiger partial charge < -0.3 is 20.1 Å². The first-order valence-electron chi connectivity index (χ1n) is 8.26. The van der Waals surface area contributed by atoms with E-state index >= 15 is 0 Å². The molecule has 0 radical (unpaired) electrons. The fourth-order valence-electron chi connectivity index (χ4n) is 2.75. The van der Waals surface area contributed by atoms with E-state index in [1.54, 1.807) is 17.0 Å². The predicted octanol–water partition coefficient (Wildman–Crippen LogP) is 3.76. The highest BCUT2D eigenvalue weighted by molar-refractivity contribution is 5.68. The number of anilines is 1. The highest BCUT2D eigenvalue weighted by Crippen LogP contribution is 2.23. The molecule has 1 aliphatic heterocycles. The average molecular weight is 320 g/mol. The number of carbonyl (C=O) groups excluding carboxylic acids is 1. The fraction of sp³-hybridized carbons (Fsp3) is 0.611. The third-order valence-electron chi connectivity index (χ3n) is 4.06.